The van der Waals surface area contributed by atoms with Gasteiger partial charge in [-0.15, -0.1) is 23.2 Å². The summed E-state index contributed by atoms with van der Waals surface area (Å²) in [6.45, 7) is 3.22. The number of hydrogen-bond acceptors (Lipinski definition) is 10. The molecule has 101 heavy (non-hydrogen) atoms. The highest BCUT2D eigenvalue weighted by atomic mass is 35.5. The second-order valence-corrected chi connectivity index (χ2v) is 25.0. The largest absolute Gasteiger partial charge is 0.465 e. The lowest BCUT2D eigenvalue weighted by Gasteiger charge is -2.30. The number of halogens is 2. The first kappa shape index (κ1) is 66.0. The van der Waals surface area contributed by atoms with Gasteiger partial charge in [0, 0.05) is 123 Å². The van der Waals surface area contributed by atoms with Gasteiger partial charge in [-0.3, -0.25) is 28.8 Å². The van der Waals surface area contributed by atoms with E-state index in [0.29, 0.717) is 134 Å². The zero-order valence-corrected chi connectivity index (χ0v) is 56.3. The monoisotopic (exact) mass is 1370 g/mol. The Labute approximate surface area is 591 Å². The molecule has 0 atom stereocenters. The summed E-state index contributed by atoms with van der Waals surface area (Å²) < 4.78 is 11.5. The van der Waals surface area contributed by atoms with Crippen LogP contribution >= 0.6 is 23.2 Å². The van der Waals surface area contributed by atoms with Crippen molar-refractivity contribution >= 4 is 128 Å². The molecule has 18 heteroatoms. The highest BCUT2D eigenvalue weighted by Crippen LogP contribution is 2.44. The Kier molecular flexibility index (Phi) is 18.7. The van der Waals surface area contributed by atoms with Crippen LogP contribution in [0.4, 0.5) is 22.7 Å². The molecule has 4 aliphatic rings. The highest BCUT2D eigenvalue weighted by molar-refractivity contribution is 6.18. The van der Waals surface area contributed by atoms with E-state index in [1.165, 1.54) is 0 Å². The molecule has 0 spiro atoms. The summed E-state index contributed by atoms with van der Waals surface area (Å²) in [6.07, 6.45) is 7.16. The third-order valence-corrected chi connectivity index (χ3v) is 18.6. The summed E-state index contributed by atoms with van der Waals surface area (Å²) in [4.78, 5) is 107. The number of aromatic nitrogens is 4. The molecule has 0 unspecified atom stereocenters. The van der Waals surface area contributed by atoms with Crippen molar-refractivity contribution in [2.75, 3.05) is 34.5 Å². The average molecular weight is 1370 g/mol. The van der Waals surface area contributed by atoms with E-state index in [4.69, 9.17) is 42.6 Å². The molecule has 0 aliphatic carbocycles. The summed E-state index contributed by atoms with van der Waals surface area (Å²) in [7, 11) is 0. The van der Waals surface area contributed by atoms with Gasteiger partial charge < -0.3 is 40.7 Å². The Morgan fingerprint density at radius 1 is 0.426 bits per heavy atom. The summed E-state index contributed by atoms with van der Waals surface area (Å²) in [5, 5.41) is 12.8. The van der Waals surface area contributed by atoms with Crippen LogP contribution in [-0.2, 0) is 43.7 Å². The third kappa shape index (κ3) is 13.4. The number of benzene rings is 8. The summed E-state index contributed by atoms with van der Waals surface area (Å²) in [5.41, 5.74) is 12.4. The van der Waals surface area contributed by atoms with E-state index in [-0.39, 0.29) is 60.8 Å². The molecule has 8 aromatic carbocycles. The Bertz CT molecular complexity index is 5110. The van der Waals surface area contributed by atoms with E-state index in [0.717, 1.165) is 11.1 Å². The van der Waals surface area contributed by atoms with E-state index in [1.54, 1.807) is 111 Å². The number of anilines is 4. The summed E-state index contributed by atoms with van der Waals surface area (Å²) in [5.74, 6) is -2.98. The number of para-hydroxylation sites is 4. The number of H-pyrrole nitrogens is 2. The molecule has 11 aromatic rings. The number of ether oxygens (including phenoxy) is 2. The highest BCUT2D eigenvalue weighted by Gasteiger charge is 2.49. The molecule has 3 aromatic heterocycles. The number of carbonyl (C=O) groups is 6. The molecule has 7 heterocycles. The van der Waals surface area contributed by atoms with Crippen molar-refractivity contribution in [1.29, 1.82) is 0 Å². The van der Waals surface area contributed by atoms with Gasteiger partial charge in [0.25, 0.3) is 23.6 Å². The van der Waals surface area contributed by atoms with E-state index < -0.39 is 29.2 Å². The van der Waals surface area contributed by atoms with Gasteiger partial charge >= 0.3 is 11.9 Å². The van der Waals surface area contributed by atoms with Crippen molar-refractivity contribution < 1.29 is 38.2 Å². The molecule has 0 radical (unpaired) electrons. The Morgan fingerprint density at radius 2 is 0.782 bits per heavy atom. The molecule has 4 amide bonds. The molecule has 0 saturated carbocycles. The fourth-order valence-corrected chi connectivity index (χ4v) is 13.6. The van der Waals surface area contributed by atoms with Gasteiger partial charge in [0.15, 0.2) is 5.41 Å². The van der Waals surface area contributed by atoms with Crippen molar-refractivity contribution in [3.05, 3.63) is 286 Å². The van der Waals surface area contributed by atoms with Crippen LogP contribution in [0.25, 0.3) is 90.9 Å². The van der Waals surface area contributed by atoms with E-state index in [9.17, 15) is 19.2 Å². The zero-order valence-electron chi connectivity index (χ0n) is 54.8. The van der Waals surface area contributed by atoms with Crippen LogP contribution in [0.3, 0.4) is 0 Å². The first-order chi connectivity index (χ1) is 49.3. The lowest BCUT2D eigenvalue weighted by atomic mass is 9.76. The van der Waals surface area contributed by atoms with Gasteiger partial charge in [0.1, 0.15) is 0 Å². The number of fused-ring (bicyclic) bond motifs is 4. The minimum absolute atomic E-state index is 0.0454. The quantitative estimate of drug-likeness (QED) is 0.0385. The van der Waals surface area contributed by atoms with Crippen LogP contribution in [0.15, 0.2) is 218 Å². The molecule has 0 saturated heterocycles. The van der Waals surface area contributed by atoms with E-state index >= 15 is 9.59 Å². The predicted octanol–water partition coefficient (Wildman–Crippen LogP) is 18.0. The fraction of sp³-hybridized carbons (Fsp3) is 0.108. The van der Waals surface area contributed by atoms with Gasteiger partial charge in [-0.05, 0) is 170 Å². The smallest absolute Gasteiger partial charge is 0.324 e. The van der Waals surface area contributed by atoms with Crippen molar-refractivity contribution in [3.63, 3.8) is 0 Å². The molecular weight excluding hydrogens is 1310 g/mol. The molecular formula is C83H64Cl2N8O8. The number of alkyl halides is 2. The predicted molar refractivity (Wildman–Crippen MR) is 400 cm³/mol. The van der Waals surface area contributed by atoms with E-state index in [2.05, 4.69) is 31.2 Å². The first-order valence-electron chi connectivity index (χ1n) is 32.9. The number of nitrogens with one attached hydrogen (secondary N) is 6. The first-order valence-corrected chi connectivity index (χ1v) is 34.0. The summed E-state index contributed by atoms with van der Waals surface area (Å²) in [6, 6.07) is 65.2. The van der Waals surface area contributed by atoms with Gasteiger partial charge in [-0.2, -0.15) is 0 Å². The normalized spacial score (nSPS) is 13.0. The van der Waals surface area contributed by atoms with Gasteiger partial charge in [-0.1, -0.05) is 121 Å². The maximum absolute atomic E-state index is 15.2. The number of hydrogen-bond donors (Lipinski definition) is 6. The molecule has 0 fully saturated rings. The fourth-order valence-electron chi connectivity index (χ4n) is 13.3. The molecule has 498 valence electrons. The number of aromatic amines is 2. The van der Waals surface area contributed by atoms with Crippen LogP contribution in [0.5, 0.6) is 0 Å². The number of nitrogens with zero attached hydrogens (tertiary/aromatic N) is 2. The average Bonchev–Trinajstić information content (AvgIpc) is 1.65. The van der Waals surface area contributed by atoms with Crippen molar-refractivity contribution in [2.45, 2.75) is 38.4 Å². The van der Waals surface area contributed by atoms with Crippen molar-refractivity contribution in [3.8, 4) is 44.5 Å². The minimum atomic E-state index is -1.98. The Hall–Kier alpha value is -12.2. The number of amides is 4. The Balaban J connectivity index is 1.08. The van der Waals surface area contributed by atoms with Crippen LogP contribution in [0.2, 0.25) is 0 Å². The summed E-state index contributed by atoms with van der Waals surface area (Å²) >= 11 is 12.6. The lowest BCUT2D eigenvalue weighted by Crippen LogP contribution is -2.46. The van der Waals surface area contributed by atoms with Crippen LogP contribution in [0.1, 0.15) is 100 Å². The van der Waals surface area contributed by atoms with Gasteiger partial charge in [0.05, 0.1) is 36.0 Å². The number of esters is 2. The molecule has 16 nitrogen and oxygen atoms in total. The minimum Gasteiger partial charge on any atom is -0.465 e. The van der Waals surface area contributed by atoms with Crippen LogP contribution < -0.4 is 21.3 Å². The Morgan fingerprint density at radius 3 is 1.17 bits per heavy atom. The van der Waals surface area contributed by atoms with Gasteiger partial charge in [-0.25, -0.2) is 9.97 Å². The molecule has 6 N–H and O–H groups in total. The zero-order chi connectivity index (χ0) is 69.7. The number of carbonyl (C=O) groups excluding carboxylic acids is 6. The molecule has 15 rings (SSSR count). The topological polar surface area (TPSA) is 226 Å². The molecule has 4 aliphatic heterocycles. The van der Waals surface area contributed by atoms with E-state index in [1.807, 2.05) is 146 Å². The maximum Gasteiger partial charge on any atom is 0.324 e. The van der Waals surface area contributed by atoms with Crippen molar-refractivity contribution in [2.24, 2.45) is 5.41 Å². The van der Waals surface area contributed by atoms with Gasteiger partial charge in [0.2, 0.25) is 0 Å². The number of rotatable bonds is 12. The second kappa shape index (κ2) is 28.7. The van der Waals surface area contributed by atoms with Crippen molar-refractivity contribution in [1.82, 2.24) is 19.9 Å². The second-order valence-electron chi connectivity index (χ2n) is 24.4. The van der Waals surface area contributed by atoms with Crippen LogP contribution in [0, 0.1) is 5.41 Å². The molecule has 14 bridgehead atoms. The standard InChI is InChI=1S/C83H64Cl2N8O8/c1-3-100-81(98)83(82(99)101-4-2)45-49-17-13-21-53(41-49)77(94)90-61-29-9-5-25-57(61)73-65-33-37-69(86-65)75(59-27-7-11-31-63(59)92-79(96)55-23-15-19-51(43-55)47-84)71-39-35-67(88-71)74(58-26-6-10-30-62(58)91-78(95)54-22-14-18-50(42-54)46-83)68-36-40-72(89-68)76(70-38-34-66(73)87-70)60-28-8-12-32-64(60)93-80(97)56-24-16-20-52(44-56)48-85/h5-44,86,89H,3-4,45-48H2,1-2H3,(H,90,94)(H,91,95)(H,92,96)(H,93,97). The van der Waals surface area contributed by atoms with Crippen LogP contribution in [-0.4, -0.2) is 68.7 Å². The maximum atomic E-state index is 15.2. The third-order valence-electron chi connectivity index (χ3n) is 17.9. The lowest BCUT2D eigenvalue weighted by molar-refractivity contribution is -0.172. The SMILES string of the molecule is CCOC(=O)C1(C(=O)OCC)Cc2cccc(c2)C(=O)Nc2ccccc2-c2c3nc(c(-c4ccccc4NC(=O)c4cccc(CCl)c4)c4ccc([nH]4)c(c4nc(c(-c5ccccc5NC(=O)c5cccc(CCl)c5)c5ccc2[nH]5)C=C4)-c2ccccc2NC(=O)c2cccc(c2)C1)C=C3.